The number of benzene rings is 5. The zero-order chi connectivity index (χ0) is 33.2. The first-order valence-electron chi connectivity index (χ1n) is 14.3. The van der Waals surface area contributed by atoms with Gasteiger partial charge in [-0.15, -0.1) is 11.8 Å². The van der Waals surface area contributed by atoms with Gasteiger partial charge < -0.3 is 16.0 Å². The molecule has 0 bridgehead atoms. The number of hydrogen-bond donors (Lipinski definition) is 3. The minimum atomic E-state index is -0.692. The van der Waals surface area contributed by atoms with Crippen LogP contribution in [0.25, 0.3) is 6.08 Å². The van der Waals surface area contributed by atoms with Crippen LogP contribution < -0.4 is 16.0 Å². The fraction of sp³-hybridized carbons (Fsp3) is 0.0278. The quantitative estimate of drug-likeness (QED) is 0.0567. The Morgan fingerprint density at radius 3 is 2.06 bits per heavy atom. The fourth-order valence-corrected chi connectivity index (χ4v) is 5.63. The molecule has 0 spiro atoms. The largest absolute Gasteiger partial charge is 0.325 e. The van der Waals surface area contributed by atoms with E-state index in [4.69, 9.17) is 11.6 Å². The van der Waals surface area contributed by atoms with Crippen molar-refractivity contribution in [2.45, 2.75) is 10.1 Å². The number of nitrogens with one attached hydrogen (secondary N) is 3. The standard InChI is InChI=1S/C36H27ClN4O5S/c37-27-16-14-24(15-17-27)22-32(40-34(42)26-10-5-2-6-11-26)35(43)39-29-12-7-13-31(23-29)47-33(25-8-3-1-4-9-25)36(44)38-28-18-20-30(21-19-28)41(45)46/h1-23,33H,(H,38,44)(H,39,43)(H,40,42)/b32-22-. The number of non-ortho nitro benzene ring substituents is 1. The van der Waals surface area contributed by atoms with Crippen LogP contribution in [0.1, 0.15) is 26.7 Å². The molecule has 0 aliphatic heterocycles. The van der Waals surface area contributed by atoms with Gasteiger partial charge in [-0.05, 0) is 71.8 Å². The summed E-state index contributed by atoms with van der Waals surface area (Å²) >= 11 is 7.30. The fourth-order valence-electron chi connectivity index (χ4n) is 4.42. The number of carbonyl (C=O) groups excluding carboxylic acids is 3. The van der Waals surface area contributed by atoms with Crippen LogP contribution in [0.4, 0.5) is 17.1 Å². The average Bonchev–Trinajstić information content (AvgIpc) is 3.09. The normalized spacial score (nSPS) is 11.6. The zero-order valence-electron chi connectivity index (χ0n) is 24.6. The van der Waals surface area contributed by atoms with Crippen LogP contribution in [0, 0.1) is 10.1 Å². The second-order valence-corrected chi connectivity index (χ2v) is 11.7. The van der Waals surface area contributed by atoms with Crippen LogP contribution in [0.2, 0.25) is 5.02 Å². The topological polar surface area (TPSA) is 130 Å². The van der Waals surface area contributed by atoms with Gasteiger partial charge in [0.05, 0.1) is 4.92 Å². The van der Waals surface area contributed by atoms with E-state index >= 15 is 0 Å². The molecule has 0 aliphatic rings. The third kappa shape index (κ3) is 9.16. The third-order valence-electron chi connectivity index (χ3n) is 6.74. The van der Waals surface area contributed by atoms with Gasteiger partial charge in [-0.2, -0.15) is 0 Å². The zero-order valence-corrected chi connectivity index (χ0v) is 26.2. The van der Waals surface area contributed by atoms with Crippen molar-refractivity contribution >= 4 is 64.2 Å². The number of amides is 3. The van der Waals surface area contributed by atoms with Crippen LogP contribution in [0.3, 0.4) is 0 Å². The van der Waals surface area contributed by atoms with Crippen molar-refractivity contribution in [1.82, 2.24) is 5.32 Å². The summed E-state index contributed by atoms with van der Waals surface area (Å²) in [4.78, 5) is 51.2. The minimum Gasteiger partial charge on any atom is -0.325 e. The predicted octanol–water partition coefficient (Wildman–Crippen LogP) is 8.13. The Morgan fingerprint density at radius 1 is 0.745 bits per heavy atom. The number of nitro benzene ring substituents is 1. The maximum Gasteiger partial charge on any atom is 0.272 e. The molecule has 0 aromatic heterocycles. The van der Waals surface area contributed by atoms with Crippen LogP contribution in [-0.2, 0) is 9.59 Å². The maximum absolute atomic E-state index is 13.5. The molecular weight excluding hydrogens is 636 g/mol. The number of rotatable bonds is 11. The van der Waals surface area contributed by atoms with Crippen LogP contribution >= 0.6 is 23.4 Å². The van der Waals surface area contributed by atoms with E-state index in [1.807, 2.05) is 36.4 Å². The van der Waals surface area contributed by atoms with E-state index in [-0.39, 0.29) is 17.3 Å². The molecule has 3 amide bonds. The van der Waals surface area contributed by atoms with Crippen molar-refractivity contribution in [2.24, 2.45) is 0 Å². The molecule has 0 heterocycles. The van der Waals surface area contributed by atoms with E-state index < -0.39 is 22.0 Å². The lowest BCUT2D eigenvalue weighted by molar-refractivity contribution is -0.384. The number of thioether (sulfide) groups is 1. The Bertz CT molecular complexity index is 1920. The highest BCUT2D eigenvalue weighted by Crippen LogP contribution is 2.37. The van der Waals surface area contributed by atoms with Crippen molar-refractivity contribution in [2.75, 3.05) is 10.6 Å². The molecule has 5 rings (SSSR count). The molecule has 0 aliphatic carbocycles. The number of halogens is 1. The molecular formula is C36H27ClN4O5S. The highest BCUT2D eigenvalue weighted by molar-refractivity contribution is 8.00. The SMILES string of the molecule is O=C(Nc1cccc(SC(C(=O)Nc2ccc([N+](=O)[O-])cc2)c2ccccc2)c1)/C(=C/c1ccc(Cl)cc1)NC(=O)c1ccccc1. The summed E-state index contributed by atoms with van der Waals surface area (Å²) in [6, 6.07) is 37.2. The Morgan fingerprint density at radius 2 is 1.40 bits per heavy atom. The Balaban J connectivity index is 1.36. The number of anilines is 2. The van der Waals surface area contributed by atoms with E-state index in [0.29, 0.717) is 32.4 Å². The van der Waals surface area contributed by atoms with Crippen LogP contribution in [0.5, 0.6) is 0 Å². The van der Waals surface area contributed by atoms with Gasteiger partial charge in [0.15, 0.2) is 0 Å². The number of nitrogens with zero attached hydrogens (tertiary/aromatic N) is 1. The second kappa shape index (κ2) is 15.5. The molecule has 5 aromatic carbocycles. The third-order valence-corrected chi connectivity index (χ3v) is 8.24. The van der Waals surface area contributed by atoms with Crippen molar-refractivity contribution in [3.63, 3.8) is 0 Å². The molecule has 47 heavy (non-hydrogen) atoms. The second-order valence-electron chi connectivity index (χ2n) is 10.1. The molecule has 1 unspecified atom stereocenters. The van der Waals surface area contributed by atoms with E-state index in [9.17, 15) is 24.5 Å². The summed E-state index contributed by atoms with van der Waals surface area (Å²) in [5.74, 6) is -1.33. The van der Waals surface area contributed by atoms with Gasteiger partial charge in [-0.1, -0.05) is 78.3 Å². The molecule has 0 saturated carbocycles. The summed E-state index contributed by atoms with van der Waals surface area (Å²) in [5.41, 5.74) is 2.58. The molecule has 0 fully saturated rings. The molecule has 234 valence electrons. The smallest absolute Gasteiger partial charge is 0.272 e. The molecule has 11 heteroatoms. The lowest BCUT2D eigenvalue weighted by atomic mass is 10.1. The van der Waals surface area contributed by atoms with Gasteiger partial charge in [0.1, 0.15) is 10.9 Å². The van der Waals surface area contributed by atoms with Crippen molar-refractivity contribution in [1.29, 1.82) is 0 Å². The lowest BCUT2D eigenvalue weighted by Gasteiger charge is -2.18. The van der Waals surface area contributed by atoms with E-state index in [1.54, 1.807) is 78.9 Å². The van der Waals surface area contributed by atoms with Crippen LogP contribution in [-0.4, -0.2) is 22.6 Å². The van der Waals surface area contributed by atoms with Gasteiger partial charge in [0.2, 0.25) is 5.91 Å². The van der Waals surface area contributed by atoms with Crippen molar-refractivity contribution < 1.29 is 19.3 Å². The van der Waals surface area contributed by atoms with Gasteiger partial charge in [0, 0.05) is 39.0 Å². The lowest BCUT2D eigenvalue weighted by Crippen LogP contribution is -2.30. The van der Waals surface area contributed by atoms with Gasteiger partial charge in [0.25, 0.3) is 17.5 Å². The summed E-state index contributed by atoms with van der Waals surface area (Å²) in [6.45, 7) is 0. The highest BCUT2D eigenvalue weighted by atomic mass is 35.5. The van der Waals surface area contributed by atoms with E-state index in [2.05, 4.69) is 16.0 Å². The molecule has 9 nitrogen and oxygen atoms in total. The maximum atomic E-state index is 13.5. The number of hydrogen-bond acceptors (Lipinski definition) is 6. The van der Waals surface area contributed by atoms with Gasteiger partial charge in [-0.25, -0.2) is 0 Å². The predicted molar refractivity (Wildman–Crippen MR) is 185 cm³/mol. The Hall–Kier alpha value is -5.71. The number of nitro groups is 1. The number of carbonyl (C=O) groups is 3. The van der Waals surface area contributed by atoms with E-state index in [0.717, 1.165) is 5.56 Å². The minimum absolute atomic E-state index is 0.0175. The Labute approximate surface area is 279 Å². The Kier molecular flexibility index (Phi) is 10.8. The first kappa shape index (κ1) is 32.7. The summed E-state index contributed by atoms with van der Waals surface area (Å²) in [6.07, 6.45) is 1.55. The van der Waals surface area contributed by atoms with Crippen molar-refractivity contribution in [3.8, 4) is 0 Å². The first-order chi connectivity index (χ1) is 22.7. The average molecular weight is 663 g/mol. The summed E-state index contributed by atoms with van der Waals surface area (Å²) < 4.78 is 0. The first-order valence-corrected chi connectivity index (χ1v) is 15.5. The molecule has 1 atom stereocenters. The van der Waals surface area contributed by atoms with Gasteiger partial charge in [-0.3, -0.25) is 24.5 Å². The molecule has 5 aromatic rings. The molecule has 3 N–H and O–H groups in total. The molecule has 0 radical (unpaired) electrons. The van der Waals surface area contributed by atoms with Crippen LogP contribution in [0.15, 0.2) is 144 Å². The van der Waals surface area contributed by atoms with Crippen molar-refractivity contribution in [3.05, 3.63) is 171 Å². The summed E-state index contributed by atoms with van der Waals surface area (Å²) in [7, 11) is 0. The highest BCUT2D eigenvalue weighted by Gasteiger charge is 2.23. The summed E-state index contributed by atoms with van der Waals surface area (Å²) in [5, 5.41) is 19.3. The molecule has 0 saturated heterocycles. The van der Waals surface area contributed by atoms with Gasteiger partial charge >= 0.3 is 0 Å². The van der Waals surface area contributed by atoms with E-state index in [1.165, 1.54) is 36.0 Å². The monoisotopic (exact) mass is 662 g/mol.